The van der Waals surface area contributed by atoms with Gasteiger partial charge in [0.25, 0.3) is 5.91 Å². The van der Waals surface area contributed by atoms with E-state index in [-0.39, 0.29) is 18.9 Å². The number of carbonyl (C=O) groups excluding carboxylic acids is 3. The van der Waals surface area contributed by atoms with E-state index in [9.17, 15) is 23.2 Å². The zero-order chi connectivity index (χ0) is 23.0. The summed E-state index contributed by atoms with van der Waals surface area (Å²) >= 11 is 0. The van der Waals surface area contributed by atoms with E-state index in [1.54, 1.807) is 25.1 Å². The van der Waals surface area contributed by atoms with Crippen molar-refractivity contribution in [1.29, 1.82) is 0 Å². The maximum absolute atomic E-state index is 14.3. The van der Waals surface area contributed by atoms with Gasteiger partial charge >= 0.3 is 6.03 Å². The third kappa shape index (κ3) is 3.72. The second-order valence-corrected chi connectivity index (χ2v) is 7.67. The molecule has 1 saturated heterocycles. The third-order valence-corrected chi connectivity index (χ3v) is 5.58. The number of benzene rings is 2. The fourth-order valence-electron chi connectivity index (χ4n) is 3.78. The lowest BCUT2D eigenvalue weighted by molar-refractivity contribution is -0.139. The van der Waals surface area contributed by atoms with Crippen molar-refractivity contribution < 1.29 is 32.6 Å². The van der Waals surface area contributed by atoms with Crippen LogP contribution in [0.5, 0.6) is 11.5 Å². The summed E-state index contributed by atoms with van der Waals surface area (Å²) in [6, 6.07) is 7.10. The summed E-state index contributed by atoms with van der Waals surface area (Å²) in [5, 5.41) is 2.38. The number of hydrogen-bond donors (Lipinski definition) is 1. The van der Waals surface area contributed by atoms with Gasteiger partial charge in [-0.15, -0.1) is 0 Å². The quantitative estimate of drug-likeness (QED) is 0.691. The van der Waals surface area contributed by atoms with E-state index in [4.69, 9.17) is 9.47 Å². The molecule has 0 bridgehead atoms. The molecule has 8 nitrogen and oxygen atoms in total. The molecule has 168 valence electrons. The van der Waals surface area contributed by atoms with E-state index in [1.165, 1.54) is 11.8 Å². The van der Waals surface area contributed by atoms with Gasteiger partial charge in [-0.2, -0.15) is 0 Å². The van der Waals surface area contributed by atoms with E-state index < -0.39 is 41.6 Å². The second kappa shape index (κ2) is 8.10. The lowest BCUT2D eigenvalue weighted by atomic mass is 9.91. The molecule has 1 unspecified atom stereocenters. The molecule has 2 heterocycles. The van der Waals surface area contributed by atoms with Gasteiger partial charge in [-0.3, -0.25) is 14.5 Å². The zero-order valence-electron chi connectivity index (χ0n) is 17.5. The SMILES string of the molecule is CCN(Cc1ccc2c(c1)OCO2)C(=O)CN1C(=O)NC(C)(c2cc(F)ccc2F)C1=O. The first-order valence-electron chi connectivity index (χ1n) is 9.99. The van der Waals surface area contributed by atoms with Gasteiger partial charge in [0, 0.05) is 18.7 Å². The minimum Gasteiger partial charge on any atom is -0.454 e. The van der Waals surface area contributed by atoms with Gasteiger partial charge in [0.05, 0.1) is 0 Å². The molecule has 2 aromatic rings. The lowest BCUT2D eigenvalue weighted by Crippen LogP contribution is -2.44. The average Bonchev–Trinajstić information content (AvgIpc) is 3.31. The largest absolute Gasteiger partial charge is 0.454 e. The number of amides is 4. The summed E-state index contributed by atoms with van der Waals surface area (Å²) in [6.07, 6.45) is 0. The minimum atomic E-state index is -1.82. The Hall–Kier alpha value is -3.69. The van der Waals surface area contributed by atoms with Crippen molar-refractivity contribution in [1.82, 2.24) is 15.1 Å². The Bertz CT molecular complexity index is 1110. The molecular formula is C22H21F2N3O5. The lowest BCUT2D eigenvalue weighted by Gasteiger charge is -2.25. The Labute approximate surface area is 182 Å². The van der Waals surface area contributed by atoms with Gasteiger partial charge in [-0.1, -0.05) is 6.07 Å². The number of ether oxygens (including phenoxy) is 2. The van der Waals surface area contributed by atoms with Crippen molar-refractivity contribution >= 4 is 17.8 Å². The van der Waals surface area contributed by atoms with Gasteiger partial charge in [0.1, 0.15) is 23.7 Å². The third-order valence-electron chi connectivity index (χ3n) is 5.58. The van der Waals surface area contributed by atoms with Crippen LogP contribution in [0.2, 0.25) is 0 Å². The molecule has 0 spiro atoms. The maximum atomic E-state index is 14.3. The maximum Gasteiger partial charge on any atom is 0.325 e. The number of fused-ring (bicyclic) bond motifs is 1. The number of imide groups is 1. The highest BCUT2D eigenvalue weighted by atomic mass is 19.1. The molecule has 4 amide bonds. The predicted octanol–water partition coefficient (Wildman–Crippen LogP) is 2.51. The van der Waals surface area contributed by atoms with Crippen molar-refractivity contribution in [3.8, 4) is 11.5 Å². The van der Waals surface area contributed by atoms with E-state index >= 15 is 0 Å². The number of hydrogen-bond acceptors (Lipinski definition) is 5. The van der Waals surface area contributed by atoms with Crippen LogP contribution in [0.15, 0.2) is 36.4 Å². The highest BCUT2D eigenvalue weighted by molar-refractivity contribution is 6.09. The predicted molar refractivity (Wildman–Crippen MR) is 108 cm³/mol. The molecule has 2 aromatic carbocycles. The summed E-state index contributed by atoms with van der Waals surface area (Å²) in [7, 11) is 0. The number of rotatable bonds is 6. The van der Waals surface area contributed by atoms with Crippen molar-refractivity contribution in [2.45, 2.75) is 25.9 Å². The topological polar surface area (TPSA) is 88.2 Å². The Morgan fingerprint density at radius 1 is 1.16 bits per heavy atom. The second-order valence-electron chi connectivity index (χ2n) is 7.67. The molecule has 1 atom stereocenters. The van der Waals surface area contributed by atoms with Crippen LogP contribution in [0.4, 0.5) is 13.6 Å². The highest BCUT2D eigenvalue weighted by Gasteiger charge is 2.51. The molecule has 32 heavy (non-hydrogen) atoms. The Morgan fingerprint density at radius 2 is 1.91 bits per heavy atom. The van der Waals surface area contributed by atoms with Gasteiger partial charge < -0.3 is 19.7 Å². The van der Waals surface area contributed by atoms with E-state index in [0.29, 0.717) is 18.0 Å². The summed E-state index contributed by atoms with van der Waals surface area (Å²) in [6.45, 7) is 3.20. The Kier molecular flexibility index (Phi) is 5.45. The number of halogens is 2. The van der Waals surface area contributed by atoms with Crippen LogP contribution >= 0.6 is 0 Å². The molecule has 1 N–H and O–H groups in total. The number of likely N-dealkylation sites (N-methyl/N-ethyl adjacent to an activating group) is 1. The molecule has 0 aromatic heterocycles. The molecule has 10 heteroatoms. The molecule has 0 saturated carbocycles. The van der Waals surface area contributed by atoms with E-state index in [1.807, 2.05) is 0 Å². The Morgan fingerprint density at radius 3 is 2.66 bits per heavy atom. The van der Waals surface area contributed by atoms with Crippen molar-refractivity contribution in [3.63, 3.8) is 0 Å². The number of nitrogens with one attached hydrogen (secondary N) is 1. The molecule has 0 aliphatic carbocycles. The van der Waals surface area contributed by atoms with Crippen LogP contribution in [-0.4, -0.2) is 47.5 Å². The van der Waals surface area contributed by atoms with Crippen LogP contribution in [0.3, 0.4) is 0 Å². The highest BCUT2D eigenvalue weighted by Crippen LogP contribution is 2.33. The normalized spacial score (nSPS) is 19.3. The molecular weight excluding hydrogens is 424 g/mol. The van der Waals surface area contributed by atoms with E-state index in [2.05, 4.69) is 5.32 Å². The molecule has 2 aliphatic rings. The van der Waals surface area contributed by atoms with E-state index in [0.717, 1.165) is 28.7 Å². The van der Waals surface area contributed by atoms with Crippen molar-refractivity contribution in [3.05, 3.63) is 59.2 Å². The van der Waals surface area contributed by atoms with Crippen LogP contribution in [0, 0.1) is 11.6 Å². The first-order valence-corrected chi connectivity index (χ1v) is 9.99. The van der Waals surface area contributed by atoms with Crippen LogP contribution in [0.25, 0.3) is 0 Å². The number of carbonyl (C=O) groups is 3. The average molecular weight is 445 g/mol. The van der Waals surface area contributed by atoms with Gasteiger partial charge in [0.15, 0.2) is 11.5 Å². The van der Waals surface area contributed by atoms with Crippen molar-refractivity contribution in [2.24, 2.45) is 0 Å². The fraction of sp³-hybridized carbons (Fsp3) is 0.318. The minimum absolute atomic E-state index is 0.131. The summed E-state index contributed by atoms with van der Waals surface area (Å²) in [5.41, 5.74) is -1.34. The molecule has 0 radical (unpaired) electrons. The summed E-state index contributed by atoms with van der Waals surface area (Å²) < 4.78 is 38.6. The fourth-order valence-corrected chi connectivity index (χ4v) is 3.78. The molecule has 2 aliphatic heterocycles. The zero-order valence-corrected chi connectivity index (χ0v) is 17.5. The Balaban J connectivity index is 1.50. The standard InChI is InChI=1S/C22H21F2N3O5/c1-3-26(10-13-4-7-17-18(8-13)32-12-31-17)19(28)11-27-20(29)22(2,25-21(27)30)15-9-14(23)5-6-16(15)24/h4-9H,3,10-12H2,1-2H3,(H,25,30). The first kappa shape index (κ1) is 21.5. The summed E-state index contributed by atoms with van der Waals surface area (Å²) in [5.74, 6) is -1.70. The first-order chi connectivity index (χ1) is 15.2. The van der Waals surface area contributed by atoms with Crippen LogP contribution in [0.1, 0.15) is 25.0 Å². The van der Waals surface area contributed by atoms with Gasteiger partial charge in [-0.05, 0) is 49.7 Å². The van der Waals surface area contributed by atoms with Crippen LogP contribution in [-0.2, 0) is 21.7 Å². The number of nitrogens with zero attached hydrogens (tertiary/aromatic N) is 2. The van der Waals surface area contributed by atoms with Crippen LogP contribution < -0.4 is 14.8 Å². The molecule has 4 rings (SSSR count). The molecule has 1 fully saturated rings. The monoisotopic (exact) mass is 445 g/mol. The summed E-state index contributed by atoms with van der Waals surface area (Å²) in [4.78, 5) is 40.5. The smallest absolute Gasteiger partial charge is 0.325 e. The van der Waals surface area contributed by atoms with Gasteiger partial charge in [0.2, 0.25) is 12.7 Å². The van der Waals surface area contributed by atoms with Gasteiger partial charge in [-0.25, -0.2) is 13.6 Å². The number of urea groups is 1. The van der Waals surface area contributed by atoms with Crippen molar-refractivity contribution in [2.75, 3.05) is 19.9 Å².